The van der Waals surface area contributed by atoms with Crippen molar-refractivity contribution in [1.29, 1.82) is 0 Å². The van der Waals surface area contributed by atoms with Crippen molar-refractivity contribution >= 4 is 17.5 Å². The quantitative estimate of drug-likeness (QED) is 0.761. The predicted octanol–water partition coefficient (Wildman–Crippen LogP) is 1.43. The molecule has 0 radical (unpaired) electrons. The minimum Gasteiger partial charge on any atom is -0.358 e. The summed E-state index contributed by atoms with van der Waals surface area (Å²) in [5.41, 5.74) is 1.71. The highest BCUT2D eigenvalue weighted by atomic mass is 16.2. The minimum atomic E-state index is -0.466. The van der Waals surface area contributed by atoms with Crippen LogP contribution in [0.15, 0.2) is 24.3 Å². The Morgan fingerprint density at radius 1 is 1.35 bits per heavy atom. The highest BCUT2D eigenvalue weighted by Gasteiger charge is 2.33. The Balaban J connectivity index is 2.18. The van der Waals surface area contributed by atoms with E-state index in [0.717, 1.165) is 11.3 Å². The van der Waals surface area contributed by atoms with Crippen LogP contribution in [0.25, 0.3) is 0 Å². The molecular weight excluding hydrogens is 254 g/mol. The topological polar surface area (TPSA) is 70.2 Å². The Labute approximate surface area is 119 Å². The van der Waals surface area contributed by atoms with Gasteiger partial charge in [0.05, 0.1) is 6.04 Å². The molecule has 108 valence electrons. The molecule has 3 N–H and O–H groups in total. The van der Waals surface area contributed by atoms with Crippen LogP contribution in [-0.2, 0) is 9.59 Å². The molecule has 1 heterocycles. The molecule has 0 fully saturated rings. The highest BCUT2D eigenvalue weighted by Crippen LogP contribution is 2.30. The second kappa shape index (κ2) is 6.05. The summed E-state index contributed by atoms with van der Waals surface area (Å²) in [6.45, 7) is 4.11. The molecule has 2 rings (SSSR count). The summed E-state index contributed by atoms with van der Waals surface area (Å²) in [6, 6.07) is 6.71. The molecular formula is C15H21N3O2. The van der Waals surface area contributed by atoms with E-state index in [2.05, 4.69) is 29.8 Å². The van der Waals surface area contributed by atoms with Gasteiger partial charge in [0.2, 0.25) is 11.8 Å². The zero-order valence-corrected chi connectivity index (χ0v) is 12.1. The van der Waals surface area contributed by atoms with Crippen molar-refractivity contribution in [3.8, 4) is 0 Å². The lowest BCUT2D eigenvalue weighted by atomic mass is 10.0. The smallest absolute Gasteiger partial charge is 0.246 e. The number of hydrogen-bond acceptors (Lipinski definition) is 3. The minimum absolute atomic E-state index is 0.0871. The van der Waals surface area contributed by atoms with Crippen LogP contribution < -0.4 is 16.0 Å². The number of para-hydroxylation sites is 1. The first-order valence-electron chi connectivity index (χ1n) is 6.90. The number of nitrogens with one attached hydrogen (secondary N) is 3. The first-order valence-corrected chi connectivity index (χ1v) is 6.90. The number of fused-ring (bicyclic) bond motifs is 1. The maximum Gasteiger partial charge on any atom is 0.246 e. The Morgan fingerprint density at radius 2 is 2.05 bits per heavy atom. The van der Waals surface area contributed by atoms with Gasteiger partial charge < -0.3 is 10.6 Å². The third-order valence-corrected chi connectivity index (χ3v) is 3.43. The number of benzene rings is 1. The average molecular weight is 275 g/mol. The summed E-state index contributed by atoms with van der Waals surface area (Å²) >= 11 is 0. The summed E-state index contributed by atoms with van der Waals surface area (Å²) in [5, 5.41) is 8.66. The normalized spacial score (nSPS) is 18.6. The SMILES string of the molecule is CNC(=O)C(CC(C)C)NC1C(=O)Nc2ccccc21. The number of anilines is 1. The second-order valence-electron chi connectivity index (χ2n) is 5.47. The molecule has 2 unspecified atom stereocenters. The van der Waals surface area contributed by atoms with Crippen molar-refractivity contribution in [2.24, 2.45) is 5.92 Å². The molecule has 5 heteroatoms. The van der Waals surface area contributed by atoms with Crippen LogP contribution in [0.1, 0.15) is 31.9 Å². The number of rotatable bonds is 5. The number of hydrogen-bond donors (Lipinski definition) is 3. The monoisotopic (exact) mass is 275 g/mol. The van der Waals surface area contributed by atoms with Crippen LogP contribution in [0.4, 0.5) is 5.69 Å². The first-order chi connectivity index (χ1) is 9.52. The fraction of sp³-hybridized carbons (Fsp3) is 0.467. The average Bonchev–Trinajstić information content (AvgIpc) is 2.73. The molecule has 0 saturated heterocycles. The summed E-state index contributed by atoms with van der Waals surface area (Å²) in [6.07, 6.45) is 0.686. The lowest BCUT2D eigenvalue weighted by Crippen LogP contribution is -2.46. The number of carbonyl (C=O) groups excluding carboxylic acids is 2. The Kier molecular flexibility index (Phi) is 4.39. The van der Waals surface area contributed by atoms with Crippen LogP contribution >= 0.6 is 0 Å². The van der Waals surface area contributed by atoms with Gasteiger partial charge >= 0.3 is 0 Å². The molecule has 0 aliphatic carbocycles. The lowest BCUT2D eigenvalue weighted by Gasteiger charge is -2.22. The Hall–Kier alpha value is -1.88. The van der Waals surface area contributed by atoms with E-state index in [1.807, 2.05) is 24.3 Å². The molecule has 1 aliphatic heterocycles. The van der Waals surface area contributed by atoms with E-state index in [-0.39, 0.29) is 17.9 Å². The third kappa shape index (κ3) is 2.99. The number of amides is 2. The van der Waals surface area contributed by atoms with Gasteiger partial charge in [-0.1, -0.05) is 32.0 Å². The van der Waals surface area contributed by atoms with E-state index < -0.39 is 6.04 Å². The molecule has 0 bridgehead atoms. The molecule has 1 aromatic carbocycles. The zero-order valence-electron chi connectivity index (χ0n) is 12.1. The molecule has 0 saturated carbocycles. The Morgan fingerprint density at radius 3 is 2.70 bits per heavy atom. The van der Waals surface area contributed by atoms with Crippen molar-refractivity contribution < 1.29 is 9.59 Å². The van der Waals surface area contributed by atoms with Gasteiger partial charge in [0.15, 0.2) is 0 Å². The molecule has 1 aliphatic rings. The van der Waals surface area contributed by atoms with Gasteiger partial charge in [-0.3, -0.25) is 14.9 Å². The molecule has 0 aromatic heterocycles. The largest absolute Gasteiger partial charge is 0.358 e. The highest BCUT2D eigenvalue weighted by molar-refractivity contribution is 6.02. The molecule has 2 amide bonds. The number of likely N-dealkylation sites (N-methyl/N-ethyl adjacent to an activating group) is 1. The first kappa shape index (κ1) is 14.5. The summed E-state index contributed by atoms with van der Waals surface area (Å²) in [7, 11) is 1.61. The van der Waals surface area contributed by atoms with Gasteiger partial charge in [-0.05, 0) is 18.4 Å². The van der Waals surface area contributed by atoms with Gasteiger partial charge in [0, 0.05) is 18.3 Å². The zero-order chi connectivity index (χ0) is 14.7. The molecule has 5 nitrogen and oxygen atoms in total. The van der Waals surface area contributed by atoms with E-state index >= 15 is 0 Å². The Bertz CT molecular complexity index is 514. The van der Waals surface area contributed by atoms with Crippen LogP contribution in [0.3, 0.4) is 0 Å². The van der Waals surface area contributed by atoms with E-state index in [0.29, 0.717) is 12.3 Å². The molecule has 20 heavy (non-hydrogen) atoms. The van der Waals surface area contributed by atoms with E-state index in [4.69, 9.17) is 0 Å². The van der Waals surface area contributed by atoms with Crippen LogP contribution in [0.5, 0.6) is 0 Å². The third-order valence-electron chi connectivity index (χ3n) is 3.43. The van der Waals surface area contributed by atoms with Crippen molar-refractivity contribution in [1.82, 2.24) is 10.6 Å². The molecule has 2 atom stereocenters. The fourth-order valence-corrected chi connectivity index (χ4v) is 2.47. The van der Waals surface area contributed by atoms with Crippen molar-refractivity contribution in [2.75, 3.05) is 12.4 Å². The predicted molar refractivity (Wildman–Crippen MR) is 78.3 cm³/mol. The van der Waals surface area contributed by atoms with Gasteiger partial charge in [-0.25, -0.2) is 0 Å². The summed E-state index contributed by atoms with van der Waals surface area (Å²) < 4.78 is 0. The van der Waals surface area contributed by atoms with Gasteiger partial charge in [-0.15, -0.1) is 0 Å². The van der Waals surface area contributed by atoms with Crippen LogP contribution in [-0.4, -0.2) is 24.9 Å². The van der Waals surface area contributed by atoms with Crippen LogP contribution in [0.2, 0.25) is 0 Å². The summed E-state index contributed by atoms with van der Waals surface area (Å²) in [4.78, 5) is 24.0. The van der Waals surface area contributed by atoms with E-state index in [9.17, 15) is 9.59 Å². The van der Waals surface area contributed by atoms with Gasteiger partial charge in [0.25, 0.3) is 0 Å². The number of carbonyl (C=O) groups is 2. The van der Waals surface area contributed by atoms with Crippen molar-refractivity contribution in [3.63, 3.8) is 0 Å². The van der Waals surface area contributed by atoms with Gasteiger partial charge in [-0.2, -0.15) is 0 Å². The second-order valence-corrected chi connectivity index (χ2v) is 5.47. The molecule has 1 aromatic rings. The van der Waals surface area contributed by atoms with Crippen molar-refractivity contribution in [3.05, 3.63) is 29.8 Å². The summed E-state index contributed by atoms with van der Waals surface area (Å²) in [5.74, 6) is 0.171. The van der Waals surface area contributed by atoms with E-state index in [1.165, 1.54) is 0 Å². The lowest BCUT2D eigenvalue weighted by molar-refractivity contribution is -0.124. The molecule has 0 spiro atoms. The van der Waals surface area contributed by atoms with E-state index in [1.54, 1.807) is 7.05 Å². The standard InChI is InChI=1S/C15H21N3O2/c1-9(2)8-12(14(19)16-3)17-13-10-6-4-5-7-11(10)18-15(13)20/h4-7,9,12-13,17H,8H2,1-3H3,(H,16,19)(H,18,20). The van der Waals surface area contributed by atoms with Gasteiger partial charge in [0.1, 0.15) is 6.04 Å². The maximum absolute atomic E-state index is 12.1. The maximum atomic E-state index is 12.1. The fourth-order valence-electron chi connectivity index (χ4n) is 2.47. The van der Waals surface area contributed by atoms with Crippen molar-refractivity contribution in [2.45, 2.75) is 32.4 Å². The van der Waals surface area contributed by atoms with Crippen LogP contribution in [0, 0.1) is 5.92 Å².